The topological polar surface area (TPSA) is 31.0 Å². The summed E-state index contributed by atoms with van der Waals surface area (Å²) in [6, 6.07) is 67.0. The van der Waals surface area contributed by atoms with Crippen molar-refractivity contribution < 1.29 is 4.42 Å². The molecular formula is C51H32N2O. The van der Waals surface area contributed by atoms with Crippen LogP contribution < -0.4 is 0 Å². The van der Waals surface area contributed by atoms with E-state index in [4.69, 9.17) is 9.40 Å². The second-order valence-electron chi connectivity index (χ2n) is 14.0. The van der Waals surface area contributed by atoms with E-state index in [2.05, 4.69) is 174 Å². The van der Waals surface area contributed by atoms with Crippen LogP contribution in [-0.4, -0.2) is 9.55 Å². The van der Waals surface area contributed by atoms with Crippen LogP contribution in [0.3, 0.4) is 0 Å². The summed E-state index contributed by atoms with van der Waals surface area (Å²) >= 11 is 0. The van der Waals surface area contributed by atoms with Gasteiger partial charge >= 0.3 is 0 Å². The number of aromatic nitrogens is 2. The Morgan fingerprint density at radius 2 is 0.944 bits per heavy atom. The van der Waals surface area contributed by atoms with Crippen LogP contribution in [0.15, 0.2) is 199 Å². The molecule has 3 heterocycles. The molecule has 0 amide bonds. The zero-order valence-corrected chi connectivity index (χ0v) is 29.3. The summed E-state index contributed by atoms with van der Waals surface area (Å²) in [5.41, 5.74) is 14.0. The second kappa shape index (κ2) is 12.2. The van der Waals surface area contributed by atoms with Crippen molar-refractivity contribution in [2.75, 3.05) is 0 Å². The molecule has 0 N–H and O–H groups in total. The van der Waals surface area contributed by atoms with E-state index in [1.807, 2.05) is 24.4 Å². The minimum Gasteiger partial charge on any atom is -0.455 e. The molecule has 0 aliphatic carbocycles. The number of hydrogen-bond donors (Lipinski definition) is 0. The van der Waals surface area contributed by atoms with E-state index in [0.717, 1.165) is 72.3 Å². The van der Waals surface area contributed by atoms with Crippen LogP contribution in [-0.2, 0) is 0 Å². The molecule has 0 radical (unpaired) electrons. The molecule has 0 aliphatic rings. The lowest BCUT2D eigenvalue weighted by Crippen LogP contribution is -1.93. The van der Waals surface area contributed by atoms with E-state index in [0.29, 0.717) is 0 Å². The highest BCUT2D eigenvalue weighted by atomic mass is 16.3. The first kappa shape index (κ1) is 30.4. The minimum atomic E-state index is 0.899. The van der Waals surface area contributed by atoms with Gasteiger partial charge < -0.3 is 8.98 Å². The smallest absolute Gasteiger partial charge is 0.143 e. The molecule has 11 rings (SSSR count). The van der Waals surface area contributed by atoms with Gasteiger partial charge in [0.2, 0.25) is 0 Å². The van der Waals surface area contributed by atoms with Crippen LogP contribution in [0, 0.1) is 0 Å². The molecular weight excluding hydrogens is 657 g/mol. The Kier molecular flexibility index (Phi) is 6.86. The highest BCUT2D eigenvalue weighted by Crippen LogP contribution is 2.41. The zero-order valence-electron chi connectivity index (χ0n) is 29.3. The average molecular weight is 689 g/mol. The first-order chi connectivity index (χ1) is 26.8. The Hall–Kier alpha value is -7.23. The van der Waals surface area contributed by atoms with Gasteiger partial charge in [-0.05, 0) is 63.9 Å². The fourth-order valence-electron chi connectivity index (χ4n) is 8.18. The molecule has 0 fully saturated rings. The van der Waals surface area contributed by atoms with Gasteiger partial charge in [-0.25, -0.2) is 0 Å². The maximum Gasteiger partial charge on any atom is 0.143 e. The van der Waals surface area contributed by atoms with Crippen molar-refractivity contribution in [2.45, 2.75) is 0 Å². The van der Waals surface area contributed by atoms with Gasteiger partial charge in [0.1, 0.15) is 11.2 Å². The number of nitrogens with zero attached hydrogens (tertiary/aromatic N) is 2. The third-order valence-corrected chi connectivity index (χ3v) is 10.9. The van der Waals surface area contributed by atoms with Gasteiger partial charge in [-0.15, -0.1) is 0 Å². The molecule has 252 valence electrons. The molecule has 54 heavy (non-hydrogen) atoms. The van der Waals surface area contributed by atoms with Crippen molar-refractivity contribution in [3.8, 4) is 50.3 Å². The minimum absolute atomic E-state index is 0.899. The van der Waals surface area contributed by atoms with E-state index >= 15 is 0 Å². The van der Waals surface area contributed by atoms with E-state index in [1.54, 1.807) is 0 Å². The van der Waals surface area contributed by atoms with Crippen LogP contribution in [0.25, 0.3) is 105 Å². The monoisotopic (exact) mass is 688 g/mol. The first-order valence-electron chi connectivity index (χ1n) is 18.4. The van der Waals surface area contributed by atoms with E-state index in [1.165, 1.54) is 32.6 Å². The molecule has 0 unspecified atom stereocenters. The highest BCUT2D eigenvalue weighted by Gasteiger charge is 2.17. The van der Waals surface area contributed by atoms with Gasteiger partial charge in [0.15, 0.2) is 0 Å². The number of para-hydroxylation sites is 3. The Morgan fingerprint density at radius 3 is 1.63 bits per heavy atom. The Balaban J connectivity index is 0.957. The van der Waals surface area contributed by atoms with Crippen molar-refractivity contribution in [1.29, 1.82) is 0 Å². The summed E-state index contributed by atoms with van der Waals surface area (Å²) in [6.45, 7) is 0. The molecule has 3 nitrogen and oxygen atoms in total. The Morgan fingerprint density at radius 1 is 0.370 bits per heavy atom. The van der Waals surface area contributed by atoms with Crippen LogP contribution in [0.1, 0.15) is 0 Å². The van der Waals surface area contributed by atoms with Crippen molar-refractivity contribution in [1.82, 2.24) is 9.55 Å². The molecule has 0 saturated carbocycles. The number of hydrogen-bond acceptors (Lipinski definition) is 2. The lowest BCUT2D eigenvalue weighted by Gasteiger charge is -2.10. The van der Waals surface area contributed by atoms with Gasteiger partial charge in [0.05, 0.1) is 16.7 Å². The number of benzene rings is 8. The standard InChI is InChI=1S/C51H32N2O/c1-2-10-36(11-3-1)47-29-26-39(32-52-47)33-20-22-34(23-21-33)41-15-8-17-44-45-18-9-16-42(51(45)54-50(41)44)35-24-27-40(28-25-35)53-48-19-7-6-14-43(48)46-30-37-12-4-5-13-38(37)31-49(46)53/h1-32H. The Labute approximate surface area is 312 Å². The quantitative estimate of drug-likeness (QED) is 0.180. The average Bonchev–Trinajstić information content (AvgIpc) is 3.79. The molecule has 0 atom stereocenters. The number of rotatable bonds is 5. The summed E-state index contributed by atoms with van der Waals surface area (Å²) in [5.74, 6) is 0. The lowest BCUT2D eigenvalue weighted by molar-refractivity contribution is 0.671. The van der Waals surface area contributed by atoms with Crippen molar-refractivity contribution in [2.24, 2.45) is 0 Å². The maximum absolute atomic E-state index is 6.84. The molecule has 3 aromatic heterocycles. The molecule has 3 heteroatoms. The molecule has 0 spiro atoms. The van der Waals surface area contributed by atoms with Gasteiger partial charge in [-0.3, -0.25) is 4.98 Å². The van der Waals surface area contributed by atoms with E-state index in [-0.39, 0.29) is 0 Å². The van der Waals surface area contributed by atoms with Crippen molar-refractivity contribution >= 4 is 54.5 Å². The Bertz CT molecular complexity index is 3170. The van der Waals surface area contributed by atoms with Crippen LogP contribution in [0.5, 0.6) is 0 Å². The third-order valence-electron chi connectivity index (χ3n) is 10.9. The second-order valence-corrected chi connectivity index (χ2v) is 14.0. The van der Waals surface area contributed by atoms with Crippen LogP contribution >= 0.6 is 0 Å². The fourth-order valence-corrected chi connectivity index (χ4v) is 8.18. The van der Waals surface area contributed by atoms with Crippen LogP contribution in [0.2, 0.25) is 0 Å². The highest BCUT2D eigenvalue weighted by molar-refractivity contribution is 6.14. The molecule has 0 saturated heterocycles. The molecule has 8 aromatic carbocycles. The number of fused-ring (bicyclic) bond motifs is 7. The molecule has 0 aliphatic heterocycles. The van der Waals surface area contributed by atoms with Gasteiger partial charge in [0, 0.05) is 55.7 Å². The first-order valence-corrected chi connectivity index (χ1v) is 18.4. The van der Waals surface area contributed by atoms with Crippen LogP contribution in [0.4, 0.5) is 0 Å². The lowest BCUT2D eigenvalue weighted by atomic mass is 9.98. The summed E-state index contributed by atoms with van der Waals surface area (Å²) in [5, 5.41) is 7.25. The normalized spacial score (nSPS) is 11.7. The summed E-state index contributed by atoms with van der Waals surface area (Å²) in [6.07, 6.45) is 1.95. The molecule has 11 aromatic rings. The van der Waals surface area contributed by atoms with Gasteiger partial charge in [-0.1, -0.05) is 152 Å². The third kappa shape index (κ3) is 4.87. The summed E-state index contributed by atoms with van der Waals surface area (Å²) in [7, 11) is 0. The maximum atomic E-state index is 6.84. The van der Waals surface area contributed by atoms with E-state index in [9.17, 15) is 0 Å². The zero-order chi connectivity index (χ0) is 35.6. The predicted octanol–water partition coefficient (Wildman–Crippen LogP) is 13.9. The van der Waals surface area contributed by atoms with Crippen molar-refractivity contribution in [3.63, 3.8) is 0 Å². The summed E-state index contributed by atoms with van der Waals surface area (Å²) in [4.78, 5) is 4.74. The largest absolute Gasteiger partial charge is 0.455 e. The summed E-state index contributed by atoms with van der Waals surface area (Å²) < 4.78 is 9.22. The number of furan rings is 1. The predicted molar refractivity (Wildman–Crippen MR) is 225 cm³/mol. The van der Waals surface area contributed by atoms with E-state index < -0.39 is 0 Å². The van der Waals surface area contributed by atoms with Gasteiger partial charge in [0.25, 0.3) is 0 Å². The van der Waals surface area contributed by atoms with Gasteiger partial charge in [-0.2, -0.15) is 0 Å². The molecule has 0 bridgehead atoms. The fraction of sp³-hybridized carbons (Fsp3) is 0. The number of pyridine rings is 1. The SMILES string of the molecule is c1ccc(-c2ccc(-c3ccc(-c4cccc5c4oc4c(-c6ccc(-n7c8ccccc8c8cc9ccccc9cc87)cc6)cccc45)cc3)cn2)cc1. The van der Waals surface area contributed by atoms with Crippen molar-refractivity contribution in [3.05, 3.63) is 194 Å².